The third kappa shape index (κ3) is 6.48. The first kappa shape index (κ1) is 19.3. The van der Waals surface area contributed by atoms with Crippen molar-refractivity contribution in [3.8, 4) is 0 Å². The fraction of sp³-hybridized carbons (Fsp3) is 0.455. The first-order valence-corrected chi connectivity index (χ1v) is 8.67. The van der Waals surface area contributed by atoms with Gasteiger partial charge in [0.05, 0.1) is 0 Å². The highest BCUT2D eigenvalue weighted by atomic mass is 14.8. The lowest BCUT2D eigenvalue weighted by Crippen LogP contribution is -2.05. The molecule has 0 unspecified atom stereocenters. The standard InChI is InChI=1S/C22H33N/c1-16(2)12-20(21(15-23-7)13-17(3)4)14-19(6)22-11-9-8-10-18(22)5/h8-11,14-17,23H,6,12-13H2,1-5,7H3/b20-14-,21-15-. The molecule has 126 valence electrons. The Hall–Kier alpha value is -1.76. The fourth-order valence-electron chi connectivity index (χ4n) is 2.84. The van der Waals surface area contributed by atoms with Crippen LogP contribution in [0.25, 0.3) is 5.57 Å². The number of hydrogen-bond acceptors (Lipinski definition) is 1. The van der Waals surface area contributed by atoms with Crippen molar-refractivity contribution in [3.05, 3.63) is 65.4 Å². The van der Waals surface area contributed by atoms with Crippen molar-refractivity contribution in [1.82, 2.24) is 5.32 Å². The van der Waals surface area contributed by atoms with E-state index in [0.717, 1.165) is 18.4 Å². The molecule has 0 radical (unpaired) electrons. The highest BCUT2D eigenvalue weighted by Gasteiger charge is 2.11. The molecular formula is C22H33N. The lowest BCUT2D eigenvalue weighted by Gasteiger charge is -2.18. The van der Waals surface area contributed by atoms with Gasteiger partial charge in [-0.25, -0.2) is 0 Å². The molecule has 1 N–H and O–H groups in total. The summed E-state index contributed by atoms with van der Waals surface area (Å²) in [5, 5.41) is 3.22. The first-order chi connectivity index (χ1) is 10.8. The predicted molar refractivity (Wildman–Crippen MR) is 104 cm³/mol. The summed E-state index contributed by atoms with van der Waals surface area (Å²) in [4.78, 5) is 0. The second-order valence-electron chi connectivity index (χ2n) is 7.16. The minimum absolute atomic E-state index is 0.623. The summed E-state index contributed by atoms with van der Waals surface area (Å²) < 4.78 is 0. The third-order valence-electron chi connectivity index (χ3n) is 3.83. The van der Waals surface area contributed by atoms with E-state index in [1.54, 1.807) is 0 Å². The largest absolute Gasteiger partial charge is 0.394 e. The number of aryl methyl sites for hydroxylation is 1. The van der Waals surface area contributed by atoms with Gasteiger partial charge >= 0.3 is 0 Å². The maximum absolute atomic E-state index is 4.33. The van der Waals surface area contributed by atoms with Crippen LogP contribution < -0.4 is 5.32 Å². The van der Waals surface area contributed by atoms with Gasteiger partial charge in [-0.3, -0.25) is 0 Å². The Morgan fingerprint density at radius 2 is 1.61 bits per heavy atom. The van der Waals surface area contributed by atoms with Crippen molar-refractivity contribution in [2.75, 3.05) is 7.05 Å². The maximum atomic E-state index is 4.33. The van der Waals surface area contributed by atoms with Gasteiger partial charge in [-0.2, -0.15) is 0 Å². The molecule has 1 heteroatoms. The maximum Gasteiger partial charge on any atom is 0.00278 e. The number of hydrogen-bond donors (Lipinski definition) is 1. The van der Waals surface area contributed by atoms with E-state index in [9.17, 15) is 0 Å². The minimum Gasteiger partial charge on any atom is -0.394 e. The van der Waals surface area contributed by atoms with Gasteiger partial charge in [0, 0.05) is 7.05 Å². The molecule has 1 aromatic rings. The quantitative estimate of drug-likeness (QED) is 0.569. The zero-order valence-corrected chi connectivity index (χ0v) is 15.7. The number of allylic oxidation sites excluding steroid dienone is 4. The van der Waals surface area contributed by atoms with Gasteiger partial charge in [0.25, 0.3) is 0 Å². The second-order valence-corrected chi connectivity index (χ2v) is 7.16. The monoisotopic (exact) mass is 311 g/mol. The summed E-state index contributed by atoms with van der Waals surface area (Å²) in [5.74, 6) is 1.26. The lowest BCUT2D eigenvalue weighted by atomic mass is 9.88. The van der Waals surface area contributed by atoms with Crippen molar-refractivity contribution in [3.63, 3.8) is 0 Å². The molecule has 0 fully saturated rings. The van der Waals surface area contributed by atoms with Crippen molar-refractivity contribution >= 4 is 5.57 Å². The topological polar surface area (TPSA) is 12.0 Å². The molecule has 0 aromatic heterocycles. The van der Waals surface area contributed by atoms with Crippen LogP contribution in [0.3, 0.4) is 0 Å². The SMILES string of the molecule is C=C(/C=C(CC(C)C)\C(=C/NC)CC(C)C)c1ccccc1C. The summed E-state index contributed by atoms with van der Waals surface area (Å²) >= 11 is 0. The van der Waals surface area contributed by atoms with Gasteiger partial charge in [0.1, 0.15) is 0 Å². The zero-order valence-electron chi connectivity index (χ0n) is 15.7. The Labute approximate surface area is 143 Å². The summed E-state index contributed by atoms with van der Waals surface area (Å²) in [6.07, 6.45) is 6.60. The number of rotatable bonds is 8. The second kappa shape index (κ2) is 9.39. The normalized spacial score (nSPS) is 12.9. The number of benzene rings is 1. The van der Waals surface area contributed by atoms with Gasteiger partial charge in [0.2, 0.25) is 0 Å². The van der Waals surface area contributed by atoms with E-state index < -0.39 is 0 Å². The summed E-state index contributed by atoms with van der Waals surface area (Å²) in [6, 6.07) is 8.47. The Morgan fingerprint density at radius 3 is 2.13 bits per heavy atom. The predicted octanol–water partition coefficient (Wildman–Crippen LogP) is 6.13. The Kier molecular flexibility index (Phi) is 7.88. The van der Waals surface area contributed by atoms with Gasteiger partial charge in [-0.1, -0.05) is 64.6 Å². The van der Waals surface area contributed by atoms with Crippen LogP contribution in [-0.2, 0) is 0 Å². The zero-order chi connectivity index (χ0) is 17.4. The van der Waals surface area contributed by atoms with Crippen LogP contribution in [-0.4, -0.2) is 7.05 Å². The minimum atomic E-state index is 0.623. The highest BCUT2D eigenvalue weighted by Crippen LogP contribution is 2.28. The number of nitrogens with one attached hydrogen (secondary N) is 1. The molecule has 1 aromatic carbocycles. The van der Waals surface area contributed by atoms with Crippen molar-refractivity contribution in [1.29, 1.82) is 0 Å². The summed E-state index contributed by atoms with van der Waals surface area (Å²) in [6.45, 7) is 15.6. The molecule has 0 heterocycles. The van der Waals surface area contributed by atoms with Crippen molar-refractivity contribution in [2.24, 2.45) is 11.8 Å². The molecule has 0 saturated carbocycles. The first-order valence-electron chi connectivity index (χ1n) is 8.67. The molecule has 0 aliphatic carbocycles. The molecule has 0 amide bonds. The molecule has 0 bridgehead atoms. The van der Waals surface area contributed by atoms with E-state index in [1.165, 1.54) is 22.3 Å². The van der Waals surface area contributed by atoms with Crippen LogP contribution in [0.2, 0.25) is 0 Å². The molecule has 0 aliphatic rings. The molecule has 0 saturated heterocycles. The van der Waals surface area contributed by atoms with Crippen LogP contribution in [0.15, 0.2) is 54.3 Å². The molecule has 0 aliphatic heterocycles. The highest BCUT2D eigenvalue weighted by molar-refractivity contribution is 5.75. The van der Waals surface area contributed by atoms with Gasteiger partial charge < -0.3 is 5.32 Å². The van der Waals surface area contributed by atoms with Crippen LogP contribution >= 0.6 is 0 Å². The molecular weight excluding hydrogens is 278 g/mol. The van der Waals surface area contributed by atoms with E-state index in [-0.39, 0.29) is 0 Å². The Bertz CT molecular complexity index is 573. The van der Waals surface area contributed by atoms with E-state index in [1.807, 2.05) is 7.05 Å². The van der Waals surface area contributed by atoms with Crippen molar-refractivity contribution in [2.45, 2.75) is 47.5 Å². The molecule has 1 nitrogen and oxygen atoms in total. The Balaban J connectivity index is 3.20. The van der Waals surface area contributed by atoms with Crippen LogP contribution in [0.1, 0.15) is 51.7 Å². The third-order valence-corrected chi connectivity index (χ3v) is 3.83. The molecule has 1 rings (SSSR count). The van der Waals surface area contributed by atoms with Crippen LogP contribution in [0, 0.1) is 18.8 Å². The van der Waals surface area contributed by atoms with Gasteiger partial charge in [-0.05, 0) is 65.6 Å². The average molecular weight is 312 g/mol. The van der Waals surface area contributed by atoms with Crippen LogP contribution in [0.5, 0.6) is 0 Å². The lowest BCUT2D eigenvalue weighted by molar-refractivity contribution is 0.609. The molecule has 0 spiro atoms. The van der Waals surface area contributed by atoms with E-state index >= 15 is 0 Å². The van der Waals surface area contributed by atoms with E-state index in [0.29, 0.717) is 11.8 Å². The van der Waals surface area contributed by atoms with Gasteiger partial charge in [0.15, 0.2) is 0 Å². The van der Waals surface area contributed by atoms with E-state index in [2.05, 4.69) is 83.1 Å². The smallest absolute Gasteiger partial charge is 0.00278 e. The summed E-state index contributed by atoms with van der Waals surface area (Å²) in [7, 11) is 1.98. The average Bonchev–Trinajstić information content (AvgIpc) is 2.45. The van der Waals surface area contributed by atoms with Gasteiger partial charge in [-0.15, -0.1) is 0 Å². The summed E-state index contributed by atoms with van der Waals surface area (Å²) in [5.41, 5.74) is 6.41. The van der Waals surface area contributed by atoms with Crippen molar-refractivity contribution < 1.29 is 0 Å². The molecule has 23 heavy (non-hydrogen) atoms. The van der Waals surface area contributed by atoms with Crippen LogP contribution in [0.4, 0.5) is 0 Å². The molecule has 0 atom stereocenters. The Morgan fingerprint density at radius 1 is 1.04 bits per heavy atom. The van der Waals surface area contributed by atoms with E-state index in [4.69, 9.17) is 0 Å². The fourth-order valence-corrected chi connectivity index (χ4v) is 2.84.